The number of ether oxygens (including phenoxy) is 2. The van der Waals surface area contributed by atoms with Crippen molar-refractivity contribution in [3.63, 3.8) is 0 Å². The number of esters is 1. The Hall–Kier alpha value is -1.26. The minimum atomic E-state index is -0.488. The van der Waals surface area contributed by atoms with Crippen molar-refractivity contribution in [3.05, 3.63) is 0 Å². The van der Waals surface area contributed by atoms with E-state index in [0.29, 0.717) is 13.2 Å². The molecule has 0 aliphatic carbocycles. The molecule has 0 N–H and O–H groups in total. The zero-order valence-electron chi connectivity index (χ0n) is 20.6. The van der Waals surface area contributed by atoms with Gasteiger partial charge in [0.05, 0.1) is 13.2 Å². The van der Waals surface area contributed by atoms with Crippen molar-refractivity contribution in [2.75, 3.05) is 26.8 Å². The molecule has 5 nitrogen and oxygen atoms in total. The van der Waals surface area contributed by atoms with Crippen molar-refractivity contribution in [2.45, 2.75) is 118 Å². The van der Waals surface area contributed by atoms with Gasteiger partial charge >= 0.3 is 12.1 Å². The van der Waals surface area contributed by atoms with Crippen LogP contribution in [-0.2, 0) is 14.3 Å². The Morgan fingerprint density at radius 1 is 0.700 bits per heavy atom. The van der Waals surface area contributed by atoms with Crippen LogP contribution < -0.4 is 0 Å². The highest BCUT2D eigenvalue weighted by molar-refractivity contribution is 5.77. The third kappa shape index (κ3) is 20.0. The predicted molar refractivity (Wildman–Crippen MR) is 125 cm³/mol. The molecule has 0 aliphatic heterocycles. The van der Waals surface area contributed by atoms with Crippen molar-refractivity contribution in [3.8, 4) is 0 Å². The highest BCUT2D eigenvalue weighted by Crippen LogP contribution is 2.14. The minimum Gasteiger partial charge on any atom is -0.464 e. The molecule has 0 aliphatic rings. The van der Waals surface area contributed by atoms with E-state index in [0.717, 1.165) is 12.8 Å². The molecule has 1 amide bonds. The van der Waals surface area contributed by atoms with Crippen LogP contribution in [0.25, 0.3) is 0 Å². The second-order valence-corrected chi connectivity index (χ2v) is 9.79. The van der Waals surface area contributed by atoms with Crippen LogP contribution in [0.15, 0.2) is 0 Å². The lowest BCUT2D eigenvalue weighted by atomic mass is 9.99. The quantitative estimate of drug-likeness (QED) is 0.172. The summed E-state index contributed by atoms with van der Waals surface area (Å²) in [6.45, 7) is 8.93. The first-order valence-electron chi connectivity index (χ1n) is 12.3. The summed E-state index contributed by atoms with van der Waals surface area (Å²) in [5, 5.41) is 0. The predicted octanol–water partition coefficient (Wildman–Crippen LogP) is 7.13. The van der Waals surface area contributed by atoms with Crippen LogP contribution >= 0.6 is 0 Å². The zero-order valence-corrected chi connectivity index (χ0v) is 20.6. The highest BCUT2D eigenvalue weighted by atomic mass is 16.6. The summed E-state index contributed by atoms with van der Waals surface area (Å²) in [7, 11) is 1.55. The van der Waals surface area contributed by atoms with Crippen LogP contribution in [0.1, 0.15) is 118 Å². The van der Waals surface area contributed by atoms with Crippen LogP contribution in [0.2, 0.25) is 0 Å². The van der Waals surface area contributed by atoms with E-state index >= 15 is 0 Å². The number of carbonyl (C=O) groups excluding carboxylic acids is 2. The van der Waals surface area contributed by atoms with Crippen molar-refractivity contribution >= 4 is 12.1 Å². The Kier molecular flexibility index (Phi) is 17.7. The van der Waals surface area contributed by atoms with E-state index < -0.39 is 6.09 Å². The molecule has 5 heteroatoms. The average Bonchev–Trinajstić information content (AvgIpc) is 2.68. The Bertz CT molecular complexity index is 431. The molecule has 0 aromatic rings. The molecule has 0 heterocycles. The lowest BCUT2D eigenvalue weighted by molar-refractivity contribution is -0.144. The van der Waals surface area contributed by atoms with Gasteiger partial charge in [0.1, 0.15) is 6.54 Å². The van der Waals surface area contributed by atoms with Gasteiger partial charge in [0, 0.05) is 7.05 Å². The van der Waals surface area contributed by atoms with Crippen molar-refractivity contribution in [1.82, 2.24) is 4.90 Å². The molecular weight excluding hydrogens is 378 g/mol. The van der Waals surface area contributed by atoms with Crippen LogP contribution in [0.3, 0.4) is 0 Å². The van der Waals surface area contributed by atoms with Crippen molar-refractivity contribution < 1.29 is 19.1 Å². The molecule has 0 atom stereocenters. The fourth-order valence-corrected chi connectivity index (χ4v) is 3.17. The summed E-state index contributed by atoms with van der Waals surface area (Å²) in [6.07, 6.45) is 17.7. The average molecular weight is 428 g/mol. The van der Waals surface area contributed by atoms with Gasteiger partial charge in [-0.3, -0.25) is 4.79 Å². The number of hydrogen-bond acceptors (Lipinski definition) is 4. The third-order valence-electron chi connectivity index (χ3n) is 5.07. The second-order valence-electron chi connectivity index (χ2n) is 9.79. The summed E-state index contributed by atoms with van der Waals surface area (Å²) in [5.41, 5.74) is -0.0924. The topological polar surface area (TPSA) is 55.8 Å². The van der Waals surface area contributed by atoms with Gasteiger partial charge in [0.2, 0.25) is 0 Å². The molecule has 0 saturated heterocycles. The summed E-state index contributed by atoms with van der Waals surface area (Å²) in [4.78, 5) is 24.9. The monoisotopic (exact) mass is 427 g/mol. The maximum absolute atomic E-state index is 11.8. The number of rotatable bonds is 18. The lowest BCUT2D eigenvalue weighted by Crippen LogP contribution is -2.35. The van der Waals surface area contributed by atoms with Gasteiger partial charge in [-0.15, -0.1) is 0 Å². The molecule has 178 valence electrons. The maximum Gasteiger partial charge on any atom is 0.410 e. The number of hydrogen-bond donors (Lipinski definition) is 0. The van der Waals surface area contributed by atoms with Gasteiger partial charge in [-0.1, -0.05) is 111 Å². The zero-order chi connectivity index (χ0) is 22.7. The molecule has 0 radical (unpaired) electrons. The van der Waals surface area contributed by atoms with Crippen molar-refractivity contribution in [2.24, 2.45) is 5.41 Å². The van der Waals surface area contributed by atoms with E-state index in [4.69, 9.17) is 9.47 Å². The highest BCUT2D eigenvalue weighted by Gasteiger charge is 2.18. The first kappa shape index (κ1) is 28.7. The standard InChI is InChI=1S/C25H49NO4/c1-6-7-8-9-10-11-12-13-14-15-16-17-18-19-20-29-23(27)21-26(5)24(28)30-22-25(2,3)4/h6-22H2,1-5H3. The molecule has 0 aromatic carbocycles. The van der Waals surface area contributed by atoms with Gasteiger partial charge in [0.15, 0.2) is 0 Å². The third-order valence-corrected chi connectivity index (χ3v) is 5.07. The van der Waals surface area contributed by atoms with Gasteiger partial charge in [-0.2, -0.15) is 0 Å². The largest absolute Gasteiger partial charge is 0.464 e. The Labute approximate surface area is 186 Å². The Morgan fingerprint density at radius 3 is 1.57 bits per heavy atom. The van der Waals surface area contributed by atoms with Crippen LogP contribution in [0.5, 0.6) is 0 Å². The number of unbranched alkanes of at least 4 members (excludes halogenated alkanes) is 13. The summed E-state index contributed by atoms with van der Waals surface area (Å²) in [6, 6.07) is 0. The molecule has 0 bridgehead atoms. The van der Waals surface area contributed by atoms with Gasteiger partial charge in [-0.25, -0.2) is 4.79 Å². The van der Waals surface area contributed by atoms with Gasteiger partial charge < -0.3 is 14.4 Å². The Morgan fingerprint density at radius 2 is 1.13 bits per heavy atom. The first-order valence-corrected chi connectivity index (χ1v) is 12.3. The van der Waals surface area contributed by atoms with Crippen molar-refractivity contribution in [1.29, 1.82) is 0 Å². The molecule has 30 heavy (non-hydrogen) atoms. The van der Waals surface area contributed by atoms with Crippen LogP contribution in [-0.4, -0.2) is 43.8 Å². The van der Waals surface area contributed by atoms with E-state index in [1.165, 1.54) is 81.9 Å². The van der Waals surface area contributed by atoms with Gasteiger partial charge in [0.25, 0.3) is 0 Å². The molecule has 0 aromatic heterocycles. The smallest absolute Gasteiger partial charge is 0.410 e. The maximum atomic E-state index is 11.8. The number of carbonyl (C=O) groups is 2. The summed E-state index contributed by atoms with van der Waals surface area (Å²) in [5.74, 6) is -0.375. The number of nitrogens with zero attached hydrogens (tertiary/aromatic N) is 1. The number of likely N-dealkylation sites (N-methyl/N-ethyl adjacent to an activating group) is 1. The van der Waals surface area contributed by atoms with Gasteiger partial charge in [-0.05, 0) is 11.8 Å². The van der Waals surface area contributed by atoms with E-state index in [1.807, 2.05) is 20.8 Å². The van der Waals surface area contributed by atoms with E-state index in [2.05, 4.69) is 6.92 Å². The number of amides is 1. The van der Waals surface area contributed by atoms with Crippen LogP contribution in [0, 0.1) is 5.41 Å². The fraction of sp³-hybridized carbons (Fsp3) is 0.920. The lowest BCUT2D eigenvalue weighted by Gasteiger charge is -2.21. The fourth-order valence-electron chi connectivity index (χ4n) is 3.17. The minimum absolute atomic E-state index is 0.0679. The molecule has 0 spiro atoms. The van der Waals surface area contributed by atoms with Crippen LogP contribution in [0.4, 0.5) is 4.79 Å². The van der Waals surface area contributed by atoms with E-state index in [-0.39, 0.29) is 17.9 Å². The molecule has 0 saturated carbocycles. The van der Waals surface area contributed by atoms with E-state index in [9.17, 15) is 9.59 Å². The Balaban J connectivity index is 3.43. The molecule has 0 rings (SSSR count). The SMILES string of the molecule is CCCCCCCCCCCCCCCCOC(=O)CN(C)C(=O)OCC(C)(C)C. The molecule has 0 fully saturated rings. The summed E-state index contributed by atoms with van der Waals surface area (Å²) >= 11 is 0. The van der Waals surface area contributed by atoms with E-state index in [1.54, 1.807) is 7.05 Å². The molecule has 0 unspecified atom stereocenters. The normalized spacial score (nSPS) is 11.4. The molecular formula is C25H49NO4. The first-order chi connectivity index (χ1) is 14.3. The summed E-state index contributed by atoms with van der Waals surface area (Å²) < 4.78 is 10.4. The second kappa shape index (κ2) is 18.5.